The summed E-state index contributed by atoms with van der Waals surface area (Å²) < 4.78 is 29.6. The van der Waals surface area contributed by atoms with Crippen LogP contribution in [0.2, 0.25) is 5.02 Å². The van der Waals surface area contributed by atoms with Gasteiger partial charge in [0, 0.05) is 5.02 Å². The Morgan fingerprint density at radius 2 is 1.80 bits per heavy atom. The summed E-state index contributed by atoms with van der Waals surface area (Å²) in [5.74, 6) is 0.213. The minimum Gasteiger partial charge on any atom is -0.379 e. The molecule has 3 nitrogen and oxygen atoms in total. The van der Waals surface area contributed by atoms with Crippen LogP contribution in [-0.2, 0) is 10.1 Å². The molecular weight excluding hydrogens is 296 g/mol. The lowest BCUT2D eigenvalue weighted by Gasteiger charge is -2.10. The third-order valence-corrected chi connectivity index (χ3v) is 4.25. The zero-order valence-electron chi connectivity index (χ0n) is 10.8. The largest absolute Gasteiger partial charge is 0.379 e. The molecular formula is C15H13ClO3S. The molecule has 0 fully saturated rings. The van der Waals surface area contributed by atoms with Crippen molar-refractivity contribution in [1.82, 2.24) is 0 Å². The lowest BCUT2D eigenvalue weighted by atomic mass is 10.1. The van der Waals surface area contributed by atoms with Crippen LogP contribution in [0.4, 0.5) is 0 Å². The Kier molecular flexibility index (Phi) is 4.16. The van der Waals surface area contributed by atoms with E-state index in [1.807, 2.05) is 6.92 Å². The van der Waals surface area contributed by atoms with Gasteiger partial charge in [-0.25, -0.2) is 0 Å². The van der Waals surface area contributed by atoms with Crippen LogP contribution >= 0.6 is 11.6 Å². The van der Waals surface area contributed by atoms with Gasteiger partial charge in [0.15, 0.2) is 0 Å². The quantitative estimate of drug-likeness (QED) is 0.800. The minimum atomic E-state index is -3.90. The standard InChI is InChI=1S/C15H13ClO3S/c1-3-12-10-11(2)4-9-15(12)20(17,18)19-14-7-5-13(16)6-8-14/h3-10H,1H2,2H3. The second kappa shape index (κ2) is 5.69. The van der Waals surface area contributed by atoms with E-state index in [0.717, 1.165) is 5.56 Å². The number of aryl methyl sites for hydroxylation is 1. The van der Waals surface area contributed by atoms with Crippen LogP contribution in [0.1, 0.15) is 11.1 Å². The van der Waals surface area contributed by atoms with E-state index in [9.17, 15) is 8.42 Å². The van der Waals surface area contributed by atoms with Gasteiger partial charge >= 0.3 is 10.1 Å². The smallest absolute Gasteiger partial charge is 0.339 e. The van der Waals surface area contributed by atoms with E-state index in [1.54, 1.807) is 24.3 Å². The van der Waals surface area contributed by atoms with Gasteiger partial charge in [-0.05, 0) is 42.8 Å². The van der Waals surface area contributed by atoms with Gasteiger partial charge in [-0.2, -0.15) is 8.42 Å². The molecule has 0 aliphatic heterocycles. The molecule has 0 amide bonds. The zero-order valence-corrected chi connectivity index (χ0v) is 12.4. The summed E-state index contributed by atoms with van der Waals surface area (Å²) in [6, 6.07) is 11.1. The molecule has 0 atom stereocenters. The number of rotatable bonds is 4. The first-order valence-corrected chi connectivity index (χ1v) is 7.64. The Hall–Kier alpha value is -1.78. The molecule has 0 saturated carbocycles. The molecule has 2 rings (SSSR count). The molecule has 2 aromatic rings. The van der Waals surface area contributed by atoms with Crippen molar-refractivity contribution >= 4 is 27.8 Å². The molecule has 0 aliphatic carbocycles. The van der Waals surface area contributed by atoms with Crippen molar-refractivity contribution < 1.29 is 12.6 Å². The van der Waals surface area contributed by atoms with Crippen LogP contribution in [0.3, 0.4) is 0 Å². The summed E-state index contributed by atoms with van der Waals surface area (Å²) in [5.41, 5.74) is 1.46. The van der Waals surface area contributed by atoms with E-state index in [4.69, 9.17) is 15.8 Å². The molecule has 0 saturated heterocycles. The number of halogens is 1. The summed E-state index contributed by atoms with van der Waals surface area (Å²) >= 11 is 5.75. The van der Waals surface area contributed by atoms with Crippen molar-refractivity contribution in [2.24, 2.45) is 0 Å². The van der Waals surface area contributed by atoms with Gasteiger partial charge in [-0.15, -0.1) is 0 Å². The maximum absolute atomic E-state index is 12.3. The van der Waals surface area contributed by atoms with Gasteiger partial charge in [-0.3, -0.25) is 0 Å². The predicted molar refractivity (Wildman–Crippen MR) is 80.5 cm³/mol. The Balaban J connectivity index is 2.40. The van der Waals surface area contributed by atoms with Gasteiger partial charge in [0.1, 0.15) is 10.6 Å². The fourth-order valence-electron chi connectivity index (χ4n) is 1.72. The van der Waals surface area contributed by atoms with E-state index >= 15 is 0 Å². The topological polar surface area (TPSA) is 43.4 Å². The fraction of sp³-hybridized carbons (Fsp3) is 0.0667. The molecule has 0 unspecified atom stereocenters. The fourth-order valence-corrected chi connectivity index (χ4v) is 2.96. The molecule has 0 N–H and O–H groups in total. The summed E-state index contributed by atoms with van der Waals surface area (Å²) in [5, 5.41) is 0.511. The van der Waals surface area contributed by atoms with E-state index in [0.29, 0.717) is 10.6 Å². The van der Waals surface area contributed by atoms with Gasteiger partial charge in [-0.1, -0.05) is 42.0 Å². The Morgan fingerprint density at radius 3 is 2.40 bits per heavy atom. The van der Waals surface area contributed by atoms with Crippen molar-refractivity contribution in [1.29, 1.82) is 0 Å². The first-order chi connectivity index (χ1) is 9.42. The van der Waals surface area contributed by atoms with Crippen molar-refractivity contribution in [2.75, 3.05) is 0 Å². The Morgan fingerprint density at radius 1 is 1.15 bits per heavy atom. The Labute approximate surface area is 123 Å². The lowest BCUT2D eigenvalue weighted by molar-refractivity contribution is 0.486. The van der Waals surface area contributed by atoms with Crippen LogP contribution in [-0.4, -0.2) is 8.42 Å². The van der Waals surface area contributed by atoms with E-state index < -0.39 is 10.1 Å². The summed E-state index contributed by atoms with van der Waals surface area (Å²) in [4.78, 5) is 0.0908. The van der Waals surface area contributed by atoms with Gasteiger partial charge in [0.25, 0.3) is 0 Å². The third kappa shape index (κ3) is 3.21. The van der Waals surface area contributed by atoms with E-state index in [2.05, 4.69) is 6.58 Å². The minimum absolute atomic E-state index is 0.0908. The summed E-state index contributed by atoms with van der Waals surface area (Å²) in [7, 11) is -3.90. The molecule has 5 heteroatoms. The van der Waals surface area contributed by atoms with Crippen LogP contribution < -0.4 is 4.18 Å². The van der Waals surface area contributed by atoms with Gasteiger partial charge in [0.2, 0.25) is 0 Å². The highest BCUT2D eigenvalue weighted by atomic mass is 35.5. The van der Waals surface area contributed by atoms with E-state index in [-0.39, 0.29) is 10.6 Å². The van der Waals surface area contributed by atoms with Crippen molar-refractivity contribution in [3.8, 4) is 5.75 Å². The number of hydrogen-bond acceptors (Lipinski definition) is 3. The van der Waals surface area contributed by atoms with Crippen LogP contribution in [0.5, 0.6) is 5.75 Å². The molecule has 0 spiro atoms. The van der Waals surface area contributed by atoms with Crippen molar-refractivity contribution in [2.45, 2.75) is 11.8 Å². The number of hydrogen-bond donors (Lipinski definition) is 0. The van der Waals surface area contributed by atoms with Crippen molar-refractivity contribution in [3.05, 3.63) is 65.2 Å². The molecule has 0 aliphatic rings. The maximum Gasteiger partial charge on any atom is 0.339 e. The lowest BCUT2D eigenvalue weighted by Crippen LogP contribution is -2.11. The van der Waals surface area contributed by atoms with Crippen LogP contribution in [0.15, 0.2) is 53.9 Å². The van der Waals surface area contributed by atoms with Gasteiger partial charge in [0.05, 0.1) is 0 Å². The van der Waals surface area contributed by atoms with E-state index in [1.165, 1.54) is 24.3 Å². The zero-order chi connectivity index (χ0) is 14.8. The molecule has 20 heavy (non-hydrogen) atoms. The number of benzene rings is 2. The Bertz CT molecular complexity index is 734. The first kappa shape index (κ1) is 14.6. The maximum atomic E-state index is 12.3. The normalized spacial score (nSPS) is 11.1. The molecule has 0 bridgehead atoms. The average Bonchev–Trinajstić information content (AvgIpc) is 2.40. The molecule has 0 aromatic heterocycles. The molecule has 0 heterocycles. The van der Waals surface area contributed by atoms with Gasteiger partial charge < -0.3 is 4.18 Å². The average molecular weight is 309 g/mol. The summed E-state index contributed by atoms with van der Waals surface area (Å²) in [6.45, 7) is 5.51. The SMILES string of the molecule is C=Cc1cc(C)ccc1S(=O)(=O)Oc1ccc(Cl)cc1. The predicted octanol–water partition coefficient (Wildman–Crippen LogP) is 4.06. The monoisotopic (exact) mass is 308 g/mol. The van der Waals surface area contributed by atoms with Crippen LogP contribution in [0.25, 0.3) is 6.08 Å². The molecule has 0 radical (unpaired) electrons. The summed E-state index contributed by atoms with van der Waals surface area (Å²) in [6.07, 6.45) is 1.49. The molecule has 104 valence electrons. The van der Waals surface area contributed by atoms with Crippen LogP contribution in [0, 0.1) is 6.92 Å². The second-order valence-electron chi connectivity index (χ2n) is 4.24. The van der Waals surface area contributed by atoms with Crippen molar-refractivity contribution in [3.63, 3.8) is 0 Å². The first-order valence-electron chi connectivity index (χ1n) is 5.85. The molecule has 2 aromatic carbocycles. The highest BCUT2D eigenvalue weighted by Crippen LogP contribution is 2.24. The highest BCUT2D eigenvalue weighted by Gasteiger charge is 2.19. The third-order valence-electron chi connectivity index (χ3n) is 2.67. The highest BCUT2D eigenvalue weighted by molar-refractivity contribution is 7.87. The second-order valence-corrected chi connectivity index (χ2v) is 6.19.